The molecule has 0 aliphatic carbocycles. The molecule has 0 aromatic carbocycles. The summed E-state index contributed by atoms with van der Waals surface area (Å²) in [4.78, 5) is 10.3. The van der Waals surface area contributed by atoms with Crippen LogP contribution in [0.1, 0.15) is 12.8 Å². The van der Waals surface area contributed by atoms with Crippen molar-refractivity contribution in [2.45, 2.75) is 24.1 Å². The summed E-state index contributed by atoms with van der Waals surface area (Å²) in [5.74, 6) is -0.905. The Labute approximate surface area is 69.7 Å². The highest BCUT2D eigenvalue weighted by Crippen LogP contribution is 2.27. The van der Waals surface area contributed by atoms with E-state index < -0.39 is 12.0 Å². The normalized spacial score (nSPS) is 25.4. The molecule has 3 N–H and O–H groups in total. The van der Waals surface area contributed by atoms with Gasteiger partial charge < -0.3 is 10.8 Å². The lowest BCUT2D eigenvalue weighted by Crippen LogP contribution is -2.32. The van der Waals surface area contributed by atoms with Gasteiger partial charge in [-0.05, 0) is 18.2 Å². The minimum atomic E-state index is -0.905. The number of hydrogen-bond acceptors (Lipinski definition) is 3. The first kappa shape index (κ1) is 8.62. The van der Waals surface area contributed by atoms with Crippen LogP contribution >= 0.6 is 11.8 Å². The van der Waals surface area contributed by atoms with Gasteiger partial charge in [-0.15, -0.1) is 11.8 Å². The summed E-state index contributed by atoms with van der Waals surface area (Å²) < 4.78 is 0. The van der Waals surface area contributed by atoms with Gasteiger partial charge in [-0.25, -0.2) is 0 Å². The van der Waals surface area contributed by atoms with Crippen molar-refractivity contribution in [3.05, 3.63) is 11.5 Å². The molecule has 0 saturated heterocycles. The maximum Gasteiger partial charge on any atom is 0.320 e. The molecule has 0 bridgehead atoms. The average Bonchev–Trinajstić information content (AvgIpc) is 2.39. The Morgan fingerprint density at radius 2 is 2.64 bits per heavy atom. The lowest BCUT2D eigenvalue weighted by atomic mass is 10.1. The molecule has 0 saturated carbocycles. The molecule has 0 fully saturated rings. The standard InChI is InChI=1S/C7H11NO2S/c8-6(7(9)10)4-5-2-1-3-11-5/h1,3,5-6H,2,4,8H2,(H,9,10)/t5?,6-/m0/s1. The minimum absolute atomic E-state index is 0.376. The number of carboxylic acid groups (broad SMARTS) is 1. The third-order valence-corrected chi connectivity index (χ3v) is 2.72. The van der Waals surface area contributed by atoms with Gasteiger partial charge in [-0.3, -0.25) is 4.79 Å². The monoisotopic (exact) mass is 173 g/mol. The van der Waals surface area contributed by atoms with E-state index in [1.165, 1.54) is 0 Å². The molecule has 11 heavy (non-hydrogen) atoms. The fourth-order valence-corrected chi connectivity index (χ4v) is 1.95. The molecular formula is C7H11NO2S. The molecule has 1 heterocycles. The van der Waals surface area contributed by atoms with E-state index in [1.54, 1.807) is 11.8 Å². The molecule has 0 aromatic rings. The minimum Gasteiger partial charge on any atom is -0.480 e. The van der Waals surface area contributed by atoms with Crippen LogP contribution in [0.25, 0.3) is 0 Å². The summed E-state index contributed by atoms with van der Waals surface area (Å²) in [7, 11) is 0. The van der Waals surface area contributed by atoms with Crippen LogP contribution in [0.15, 0.2) is 11.5 Å². The van der Waals surface area contributed by atoms with Crippen molar-refractivity contribution in [2.24, 2.45) is 5.73 Å². The Bertz CT molecular complexity index is 173. The van der Waals surface area contributed by atoms with Crippen LogP contribution < -0.4 is 5.73 Å². The second-order valence-electron chi connectivity index (χ2n) is 2.55. The van der Waals surface area contributed by atoms with Crippen molar-refractivity contribution in [2.75, 3.05) is 0 Å². The lowest BCUT2D eigenvalue weighted by molar-refractivity contribution is -0.138. The summed E-state index contributed by atoms with van der Waals surface area (Å²) >= 11 is 1.66. The van der Waals surface area contributed by atoms with Gasteiger partial charge in [0.2, 0.25) is 0 Å². The first-order valence-corrected chi connectivity index (χ1v) is 4.43. The smallest absolute Gasteiger partial charge is 0.320 e. The van der Waals surface area contributed by atoms with Gasteiger partial charge in [0, 0.05) is 5.25 Å². The van der Waals surface area contributed by atoms with Gasteiger partial charge in [-0.2, -0.15) is 0 Å². The summed E-state index contributed by atoms with van der Waals surface area (Å²) in [6, 6.07) is -0.701. The summed E-state index contributed by atoms with van der Waals surface area (Å²) in [5.41, 5.74) is 5.36. The maximum atomic E-state index is 10.3. The topological polar surface area (TPSA) is 63.3 Å². The molecular weight excluding hydrogens is 162 g/mol. The van der Waals surface area contributed by atoms with Crippen LogP contribution in [0.2, 0.25) is 0 Å². The third kappa shape index (κ3) is 2.55. The fourth-order valence-electron chi connectivity index (χ4n) is 0.965. The molecule has 0 amide bonds. The molecule has 1 unspecified atom stereocenters. The molecule has 3 nitrogen and oxygen atoms in total. The van der Waals surface area contributed by atoms with Gasteiger partial charge >= 0.3 is 5.97 Å². The number of allylic oxidation sites excluding steroid dienone is 1. The van der Waals surface area contributed by atoms with E-state index in [4.69, 9.17) is 10.8 Å². The molecule has 0 aromatic heterocycles. The maximum absolute atomic E-state index is 10.3. The highest BCUT2D eigenvalue weighted by Gasteiger charge is 2.19. The summed E-state index contributed by atoms with van der Waals surface area (Å²) in [6.07, 6.45) is 3.56. The zero-order valence-electron chi connectivity index (χ0n) is 6.06. The van der Waals surface area contributed by atoms with Crippen LogP contribution in [0.5, 0.6) is 0 Å². The van der Waals surface area contributed by atoms with E-state index in [-0.39, 0.29) is 0 Å². The Hall–Kier alpha value is -0.480. The fraction of sp³-hybridized carbons (Fsp3) is 0.571. The molecule has 4 heteroatoms. The number of hydrogen-bond donors (Lipinski definition) is 2. The van der Waals surface area contributed by atoms with E-state index in [9.17, 15) is 4.79 Å². The Kier molecular flexibility index (Phi) is 2.96. The van der Waals surface area contributed by atoms with Gasteiger partial charge in [0.25, 0.3) is 0 Å². The highest BCUT2D eigenvalue weighted by atomic mass is 32.2. The second kappa shape index (κ2) is 3.78. The van der Waals surface area contributed by atoms with Crippen molar-refractivity contribution in [3.8, 4) is 0 Å². The largest absolute Gasteiger partial charge is 0.480 e. The van der Waals surface area contributed by atoms with Crippen LogP contribution in [-0.4, -0.2) is 22.4 Å². The van der Waals surface area contributed by atoms with Crippen molar-refractivity contribution in [1.29, 1.82) is 0 Å². The van der Waals surface area contributed by atoms with E-state index >= 15 is 0 Å². The van der Waals surface area contributed by atoms with Crippen molar-refractivity contribution >= 4 is 17.7 Å². The zero-order valence-corrected chi connectivity index (χ0v) is 6.88. The van der Waals surface area contributed by atoms with Crippen molar-refractivity contribution < 1.29 is 9.90 Å². The number of aliphatic carboxylic acids is 1. The van der Waals surface area contributed by atoms with Gasteiger partial charge in [0.1, 0.15) is 6.04 Å². The van der Waals surface area contributed by atoms with Gasteiger partial charge in [0.05, 0.1) is 0 Å². The number of nitrogens with two attached hydrogens (primary N) is 1. The Morgan fingerprint density at radius 3 is 3.09 bits per heavy atom. The van der Waals surface area contributed by atoms with E-state index in [2.05, 4.69) is 0 Å². The third-order valence-electron chi connectivity index (χ3n) is 1.60. The average molecular weight is 173 g/mol. The van der Waals surface area contributed by atoms with Crippen LogP contribution in [0.4, 0.5) is 0 Å². The molecule has 1 aliphatic heterocycles. The predicted molar refractivity (Wildman–Crippen MR) is 45.4 cm³/mol. The second-order valence-corrected chi connectivity index (χ2v) is 3.76. The molecule has 62 valence electrons. The first-order valence-electron chi connectivity index (χ1n) is 3.49. The Balaban J connectivity index is 2.25. The van der Waals surface area contributed by atoms with E-state index in [0.29, 0.717) is 11.7 Å². The SMILES string of the molecule is N[C@@H](CC1CC=CS1)C(=O)O. The number of rotatable bonds is 3. The van der Waals surface area contributed by atoms with Gasteiger partial charge in [-0.1, -0.05) is 6.08 Å². The van der Waals surface area contributed by atoms with E-state index in [1.807, 2.05) is 11.5 Å². The highest BCUT2D eigenvalue weighted by molar-refractivity contribution is 8.03. The van der Waals surface area contributed by atoms with Crippen molar-refractivity contribution in [1.82, 2.24) is 0 Å². The lowest BCUT2D eigenvalue weighted by Gasteiger charge is -2.10. The molecule has 0 radical (unpaired) electrons. The first-order chi connectivity index (χ1) is 5.20. The molecule has 1 rings (SSSR count). The summed E-state index contributed by atoms with van der Waals surface area (Å²) in [5, 5.41) is 10.9. The van der Waals surface area contributed by atoms with E-state index in [0.717, 1.165) is 6.42 Å². The van der Waals surface area contributed by atoms with Gasteiger partial charge in [0.15, 0.2) is 0 Å². The quantitative estimate of drug-likeness (QED) is 0.663. The summed E-state index contributed by atoms with van der Waals surface area (Å²) in [6.45, 7) is 0. The number of carboxylic acids is 1. The zero-order chi connectivity index (χ0) is 8.27. The van der Waals surface area contributed by atoms with Crippen LogP contribution in [-0.2, 0) is 4.79 Å². The van der Waals surface area contributed by atoms with Crippen LogP contribution in [0, 0.1) is 0 Å². The molecule has 1 aliphatic rings. The number of thioether (sulfide) groups is 1. The Morgan fingerprint density at radius 1 is 1.91 bits per heavy atom. The molecule has 2 atom stereocenters. The van der Waals surface area contributed by atoms with Crippen molar-refractivity contribution in [3.63, 3.8) is 0 Å². The number of carbonyl (C=O) groups is 1. The van der Waals surface area contributed by atoms with Crippen LogP contribution in [0.3, 0.4) is 0 Å². The molecule has 0 spiro atoms. The predicted octanol–water partition coefficient (Wildman–Crippen LogP) is 0.808.